The highest BCUT2D eigenvalue weighted by atomic mass is 32.1. The van der Waals surface area contributed by atoms with Crippen LogP contribution in [-0.4, -0.2) is 47.4 Å². The number of carbonyl (C=O) groups is 2. The minimum absolute atomic E-state index is 0. The van der Waals surface area contributed by atoms with E-state index in [4.69, 9.17) is 0 Å². The number of fused-ring (bicyclic) bond motifs is 1. The zero-order valence-electron chi connectivity index (χ0n) is 19.0. The van der Waals surface area contributed by atoms with E-state index >= 15 is 0 Å². The first-order chi connectivity index (χ1) is 16.0. The number of rotatable bonds is 7. The molecule has 0 bridgehead atoms. The minimum atomic E-state index is -0.132. The van der Waals surface area contributed by atoms with Gasteiger partial charge in [-0.05, 0) is 23.8 Å². The maximum Gasteiger partial charge on any atom is 0.261 e. The molecule has 0 fully saturated rings. The number of nitrogens with zero attached hydrogens (tertiary/aromatic N) is 3. The third-order valence-electron chi connectivity index (χ3n) is 5.37. The third kappa shape index (κ3) is 5.18. The molecule has 0 spiro atoms. The molecule has 3 heterocycles. The number of pyridine rings is 1. The van der Waals surface area contributed by atoms with Crippen molar-refractivity contribution in [2.75, 3.05) is 26.0 Å². The average Bonchev–Trinajstić information content (AvgIpc) is 3.36. The second kappa shape index (κ2) is 11.1. The second-order valence-electron chi connectivity index (χ2n) is 7.49. The molecule has 2 amide bonds. The van der Waals surface area contributed by atoms with E-state index in [9.17, 15) is 9.59 Å². The van der Waals surface area contributed by atoms with Crippen LogP contribution in [0.25, 0.3) is 21.5 Å². The van der Waals surface area contributed by atoms with Gasteiger partial charge in [0.05, 0.1) is 26.5 Å². The first-order valence-corrected chi connectivity index (χ1v) is 11.3. The summed E-state index contributed by atoms with van der Waals surface area (Å²) in [7, 11) is 3.23. The molecule has 0 aliphatic carbocycles. The fraction of sp³-hybridized carbons (Fsp3) is 0.208. The summed E-state index contributed by atoms with van der Waals surface area (Å²) in [5, 5.41) is 9.52. The van der Waals surface area contributed by atoms with E-state index in [0.29, 0.717) is 22.8 Å². The van der Waals surface area contributed by atoms with Crippen molar-refractivity contribution in [3.05, 3.63) is 71.0 Å². The van der Waals surface area contributed by atoms with Gasteiger partial charge in [0.25, 0.3) is 11.8 Å². The molecule has 1 aromatic carbocycles. The quantitative estimate of drug-likeness (QED) is 0.361. The van der Waals surface area contributed by atoms with Crippen LogP contribution in [0.15, 0.2) is 55.0 Å². The Bertz CT molecular complexity index is 1320. The number of aromatic nitrogens is 3. The van der Waals surface area contributed by atoms with Gasteiger partial charge in [0.2, 0.25) is 0 Å². The Kier molecular flexibility index (Phi) is 8.19. The number of benzene rings is 1. The van der Waals surface area contributed by atoms with Crippen LogP contribution >= 0.6 is 24.8 Å². The van der Waals surface area contributed by atoms with Crippen molar-refractivity contribution in [3.63, 3.8) is 0 Å². The number of amides is 2. The summed E-state index contributed by atoms with van der Waals surface area (Å²) in [6, 6.07) is 13.2. The van der Waals surface area contributed by atoms with Crippen LogP contribution < -0.4 is 16.0 Å². The standard InChI is InChI=1S/C24H24N6O2S.H2S/c1-14(15-5-4-6-16-17(23(31)25-2)9-10-27-22(15)16)12-28-21-11-18(29-13-30-21)19-7-8-20(33-19)24(32)26-3;/h4-11,13-14H,12H2,1-3H3,(H,25,31)(H,26,32)(H,28,29,30);1H2/t14-;/m1./s1. The largest absolute Gasteiger partial charge is 0.369 e. The maximum atomic E-state index is 12.2. The van der Waals surface area contributed by atoms with Gasteiger partial charge in [-0.1, -0.05) is 25.1 Å². The molecule has 1 atom stereocenters. The zero-order valence-corrected chi connectivity index (χ0v) is 20.9. The van der Waals surface area contributed by atoms with Crippen molar-refractivity contribution in [2.45, 2.75) is 12.8 Å². The molecule has 0 saturated carbocycles. The Morgan fingerprint density at radius 2 is 1.79 bits per heavy atom. The van der Waals surface area contributed by atoms with E-state index in [0.717, 1.165) is 27.0 Å². The van der Waals surface area contributed by atoms with Crippen LogP contribution in [-0.2, 0) is 0 Å². The monoisotopic (exact) mass is 494 g/mol. The molecule has 3 N–H and O–H groups in total. The van der Waals surface area contributed by atoms with Crippen LogP contribution in [0.3, 0.4) is 0 Å². The average molecular weight is 495 g/mol. The molecule has 0 unspecified atom stereocenters. The Hall–Kier alpha value is -3.50. The molecule has 10 heteroatoms. The number of thiophene rings is 1. The van der Waals surface area contributed by atoms with Crippen LogP contribution in [0.4, 0.5) is 5.82 Å². The first-order valence-electron chi connectivity index (χ1n) is 10.5. The number of hydrogen-bond acceptors (Lipinski definition) is 7. The number of hydrogen-bond donors (Lipinski definition) is 3. The Morgan fingerprint density at radius 1 is 1.00 bits per heavy atom. The Labute approximate surface area is 208 Å². The van der Waals surface area contributed by atoms with Gasteiger partial charge in [-0.2, -0.15) is 13.5 Å². The van der Waals surface area contributed by atoms with Crippen molar-refractivity contribution < 1.29 is 9.59 Å². The summed E-state index contributed by atoms with van der Waals surface area (Å²) in [6.45, 7) is 2.72. The zero-order chi connectivity index (χ0) is 23.4. The number of nitrogens with one attached hydrogen (secondary N) is 3. The van der Waals surface area contributed by atoms with Gasteiger partial charge >= 0.3 is 0 Å². The fourth-order valence-electron chi connectivity index (χ4n) is 3.61. The lowest BCUT2D eigenvalue weighted by Gasteiger charge is -2.16. The molecule has 3 aromatic heterocycles. The highest BCUT2D eigenvalue weighted by Gasteiger charge is 2.16. The highest BCUT2D eigenvalue weighted by molar-refractivity contribution is 7.59. The summed E-state index contributed by atoms with van der Waals surface area (Å²) in [6.07, 6.45) is 3.18. The Morgan fingerprint density at radius 3 is 2.56 bits per heavy atom. The molecule has 4 rings (SSSR count). The van der Waals surface area contributed by atoms with Gasteiger partial charge < -0.3 is 16.0 Å². The van der Waals surface area contributed by atoms with Gasteiger partial charge in [-0.15, -0.1) is 11.3 Å². The summed E-state index contributed by atoms with van der Waals surface area (Å²) in [5.41, 5.74) is 3.23. The molecular weight excluding hydrogens is 468 g/mol. The second-order valence-corrected chi connectivity index (χ2v) is 8.58. The molecule has 0 aliphatic heterocycles. The normalized spacial score (nSPS) is 11.4. The fourth-order valence-corrected chi connectivity index (χ4v) is 4.53. The van der Waals surface area contributed by atoms with E-state index in [2.05, 4.69) is 37.8 Å². The molecule has 0 saturated heterocycles. The van der Waals surface area contributed by atoms with E-state index in [1.54, 1.807) is 32.4 Å². The van der Waals surface area contributed by atoms with Crippen LogP contribution in [0.5, 0.6) is 0 Å². The predicted octanol–water partition coefficient (Wildman–Crippen LogP) is 3.80. The van der Waals surface area contributed by atoms with E-state index < -0.39 is 0 Å². The van der Waals surface area contributed by atoms with Gasteiger partial charge in [0.15, 0.2) is 0 Å². The molecule has 0 radical (unpaired) electrons. The lowest BCUT2D eigenvalue weighted by atomic mass is 9.96. The SMILES string of the molecule is CNC(=O)c1ccc(-c2cc(NC[C@@H](C)c3cccc4c(C(=O)NC)ccnc34)ncn2)s1.S. The first kappa shape index (κ1) is 25.1. The van der Waals surface area contributed by atoms with E-state index in [-0.39, 0.29) is 31.2 Å². The van der Waals surface area contributed by atoms with Crippen molar-refractivity contribution >= 4 is 53.4 Å². The van der Waals surface area contributed by atoms with Crippen molar-refractivity contribution in [3.8, 4) is 10.6 Å². The predicted molar refractivity (Wildman–Crippen MR) is 141 cm³/mol. The van der Waals surface area contributed by atoms with Gasteiger partial charge in [0.1, 0.15) is 12.1 Å². The highest BCUT2D eigenvalue weighted by Crippen LogP contribution is 2.29. The van der Waals surface area contributed by atoms with Crippen LogP contribution in [0.2, 0.25) is 0 Å². The van der Waals surface area contributed by atoms with Gasteiger partial charge in [-0.25, -0.2) is 9.97 Å². The number of anilines is 1. The van der Waals surface area contributed by atoms with Crippen LogP contribution in [0.1, 0.15) is 38.4 Å². The van der Waals surface area contributed by atoms with Crippen molar-refractivity contribution in [1.82, 2.24) is 25.6 Å². The number of para-hydroxylation sites is 1. The maximum absolute atomic E-state index is 12.2. The summed E-state index contributed by atoms with van der Waals surface area (Å²) < 4.78 is 0. The van der Waals surface area contributed by atoms with Gasteiger partial charge in [-0.3, -0.25) is 14.6 Å². The molecule has 0 aliphatic rings. The lowest BCUT2D eigenvalue weighted by molar-refractivity contribution is 0.0957. The van der Waals surface area contributed by atoms with Crippen LogP contribution in [0, 0.1) is 0 Å². The summed E-state index contributed by atoms with van der Waals surface area (Å²) in [4.78, 5) is 38.8. The minimum Gasteiger partial charge on any atom is -0.369 e. The molecule has 4 aromatic rings. The Balaban J connectivity index is 0.00000324. The lowest BCUT2D eigenvalue weighted by Crippen LogP contribution is -2.18. The van der Waals surface area contributed by atoms with Gasteiger partial charge in [0, 0.05) is 44.2 Å². The third-order valence-corrected chi connectivity index (χ3v) is 6.48. The number of carbonyl (C=O) groups excluding carboxylic acids is 2. The van der Waals surface area contributed by atoms with E-state index in [1.165, 1.54) is 17.7 Å². The molecule has 176 valence electrons. The van der Waals surface area contributed by atoms with E-state index in [1.807, 2.05) is 30.3 Å². The molecule has 34 heavy (non-hydrogen) atoms. The van der Waals surface area contributed by atoms with Crippen molar-refractivity contribution in [1.29, 1.82) is 0 Å². The molecular formula is C24H26N6O2S2. The van der Waals surface area contributed by atoms with Crippen molar-refractivity contribution in [2.24, 2.45) is 0 Å². The smallest absolute Gasteiger partial charge is 0.261 e. The topological polar surface area (TPSA) is 109 Å². The summed E-state index contributed by atoms with van der Waals surface area (Å²) >= 11 is 1.38. The summed E-state index contributed by atoms with van der Waals surface area (Å²) in [5.74, 6) is 0.560. The molecule has 8 nitrogen and oxygen atoms in total.